The first-order valence-corrected chi connectivity index (χ1v) is 8.46. The third-order valence-electron chi connectivity index (χ3n) is 4.32. The van der Waals surface area contributed by atoms with E-state index in [1.807, 2.05) is 18.3 Å². The number of anilines is 1. The van der Waals surface area contributed by atoms with E-state index in [-0.39, 0.29) is 0 Å². The fourth-order valence-electron chi connectivity index (χ4n) is 3.10. The summed E-state index contributed by atoms with van der Waals surface area (Å²) in [6.45, 7) is 0.601. The van der Waals surface area contributed by atoms with Gasteiger partial charge in [0.2, 0.25) is 0 Å². The van der Waals surface area contributed by atoms with Crippen molar-refractivity contribution in [3.63, 3.8) is 0 Å². The van der Waals surface area contributed by atoms with Crippen molar-refractivity contribution in [1.82, 2.24) is 4.98 Å². The Morgan fingerprint density at radius 3 is 2.71 bits per heavy atom. The van der Waals surface area contributed by atoms with E-state index >= 15 is 0 Å². The van der Waals surface area contributed by atoms with Crippen molar-refractivity contribution in [1.29, 1.82) is 0 Å². The van der Waals surface area contributed by atoms with Gasteiger partial charge >= 0.3 is 0 Å². The molecule has 0 bridgehead atoms. The number of para-hydroxylation sites is 1. The molecule has 3 nitrogen and oxygen atoms in total. The Morgan fingerprint density at radius 1 is 1.19 bits per heavy atom. The lowest BCUT2D eigenvalue weighted by atomic mass is 9.94. The molecule has 2 N–H and O–H groups in total. The number of hydrogen-bond donors (Lipinski definition) is 2. The van der Waals surface area contributed by atoms with Gasteiger partial charge in [0.1, 0.15) is 0 Å². The van der Waals surface area contributed by atoms with E-state index < -0.39 is 5.60 Å². The van der Waals surface area contributed by atoms with Crippen molar-refractivity contribution < 1.29 is 5.11 Å². The molecule has 0 atom stereocenters. The molecule has 2 aromatic rings. The lowest BCUT2D eigenvalue weighted by Crippen LogP contribution is -2.36. The molecule has 1 aliphatic carbocycles. The maximum absolute atomic E-state index is 10.7. The van der Waals surface area contributed by atoms with E-state index in [0.29, 0.717) is 6.54 Å². The summed E-state index contributed by atoms with van der Waals surface area (Å²) in [5.41, 5.74) is 1.38. The number of halogens is 1. The van der Waals surface area contributed by atoms with Gasteiger partial charge in [-0.15, -0.1) is 0 Å². The molecule has 0 unspecified atom stereocenters. The summed E-state index contributed by atoms with van der Waals surface area (Å²) in [4.78, 5) is 4.49. The maximum atomic E-state index is 10.7. The highest BCUT2D eigenvalue weighted by Crippen LogP contribution is 2.29. The standard InChI is InChI=1S/C17H21BrN2O/c18-14-10-13-6-5-7-15(16(13)19-11-14)20-12-17(21)8-3-1-2-4-9-17/h5-7,10-11,20-21H,1-4,8-9,12H2. The van der Waals surface area contributed by atoms with Crippen LogP contribution in [0.3, 0.4) is 0 Å². The van der Waals surface area contributed by atoms with Crippen molar-refractivity contribution in [2.75, 3.05) is 11.9 Å². The molecular formula is C17H21BrN2O. The van der Waals surface area contributed by atoms with Crippen molar-refractivity contribution in [2.24, 2.45) is 0 Å². The molecule has 1 saturated carbocycles. The van der Waals surface area contributed by atoms with Crippen LogP contribution in [0.15, 0.2) is 34.9 Å². The van der Waals surface area contributed by atoms with Gasteiger partial charge in [-0.2, -0.15) is 0 Å². The van der Waals surface area contributed by atoms with Gasteiger partial charge < -0.3 is 10.4 Å². The quantitative estimate of drug-likeness (QED) is 0.803. The topological polar surface area (TPSA) is 45.1 Å². The predicted octanol–water partition coefficient (Wildman–Crippen LogP) is 4.49. The average molecular weight is 349 g/mol. The SMILES string of the molecule is OC1(CNc2cccc3cc(Br)cnc23)CCCCCC1. The van der Waals surface area contributed by atoms with E-state index in [4.69, 9.17) is 0 Å². The van der Waals surface area contributed by atoms with Crippen LogP contribution in [0.25, 0.3) is 10.9 Å². The van der Waals surface area contributed by atoms with Gasteiger partial charge in [0, 0.05) is 22.6 Å². The Hall–Kier alpha value is -1.13. The highest BCUT2D eigenvalue weighted by molar-refractivity contribution is 9.10. The second-order valence-corrected chi connectivity index (χ2v) is 6.94. The van der Waals surface area contributed by atoms with E-state index in [9.17, 15) is 5.11 Å². The molecule has 1 aromatic carbocycles. The fourth-order valence-corrected chi connectivity index (χ4v) is 3.45. The van der Waals surface area contributed by atoms with Crippen LogP contribution in [-0.4, -0.2) is 22.2 Å². The molecule has 1 fully saturated rings. The van der Waals surface area contributed by atoms with E-state index in [1.165, 1.54) is 12.8 Å². The van der Waals surface area contributed by atoms with Gasteiger partial charge in [-0.1, -0.05) is 37.8 Å². The van der Waals surface area contributed by atoms with Gasteiger partial charge in [0.25, 0.3) is 0 Å². The number of nitrogens with zero attached hydrogens (tertiary/aromatic N) is 1. The van der Waals surface area contributed by atoms with Crippen LogP contribution < -0.4 is 5.32 Å². The van der Waals surface area contributed by atoms with Crippen LogP contribution in [0.5, 0.6) is 0 Å². The number of hydrogen-bond acceptors (Lipinski definition) is 3. The molecule has 0 amide bonds. The number of fused-ring (bicyclic) bond motifs is 1. The number of nitrogens with one attached hydrogen (secondary N) is 1. The zero-order chi connectivity index (χ0) is 14.7. The number of aromatic nitrogens is 1. The Kier molecular flexibility index (Phi) is 4.45. The zero-order valence-electron chi connectivity index (χ0n) is 12.1. The predicted molar refractivity (Wildman–Crippen MR) is 90.6 cm³/mol. The van der Waals surface area contributed by atoms with Gasteiger partial charge in [0.05, 0.1) is 16.8 Å². The normalized spacial score (nSPS) is 18.4. The summed E-state index contributed by atoms with van der Waals surface area (Å²) in [7, 11) is 0. The number of rotatable bonds is 3. The number of aliphatic hydroxyl groups is 1. The molecule has 112 valence electrons. The number of pyridine rings is 1. The summed E-state index contributed by atoms with van der Waals surface area (Å²) in [5.74, 6) is 0. The molecule has 21 heavy (non-hydrogen) atoms. The van der Waals surface area contributed by atoms with Crippen LogP contribution in [0, 0.1) is 0 Å². The molecule has 1 aromatic heterocycles. The lowest BCUT2D eigenvalue weighted by molar-refractivity contribution is 0.0381. The van der Waals surface area contributed by atoms with Crippen LogP contribution >= 0.6 is 15.9 Å². The summed E-state index contributed by atoms with van der Waals surface area (Å²) in [6, 6.07) is 8.17. The molecule has 0 radical (unpaired) electrons. The Balaban J connectivity index is 1.78. The van der Waals surface area contributed by atoms with Crippen molar-refractivity contribution in [2.45, 2.75) is 44.1 Å². The molecule has 4 heteroatoms. The highest BCUT2D eigenvalue weighted by atomic mass is 79.9. The first-order chi connectivity index (χ1) is 10.2. The lowest BCUT2D eigenvalue weighted by Gasteiger charge is -2.27. The van der Waals surface area contributed by atoms with Crippen molar-refractivity contribution >= 4 is 32.5 Å². The second kappa shape index (κ2) is 6.32. The van der Waals surface area contributed by atoms with Crippen molar-refractivity contribution in [3.8, 4) is 0 Å². The largest absolute Gasteiger partial charge is 0.388 e. The van der Waals surface area contributed by atoms with Gasteiger partial charge in [-0.05, 0) is 40.9 Å². The summed E-state index contributed by atoms with van der Waals surface area (Å²) < 4.78 is 0.981. The van der Waals surface area contributed by atoms with E-state index in [0.717, 1.165) is 46.7 Å². The molecule has 0 spiro atoms. The monoisotopic (exact) mass is 348 g/mol. The first kappa shape index (κ1) is 14.8. The van der Waals surface area contributed by atoms with Gasteiger partial charge in [-0.3, -0.25) is 4.98 Å². The van der Waals surface area contributed by atoms with Gasteiger partial charge in [-0.25, -0.2) is 0 Å². The zero-order valence-corrected chi connectivity index (χ0v) is 13.7. The summed E-state index contributed by atoms with van der Waals surface area (Å²) in [6.07, 6.45) is 8.33. The molecule has 3 rings (SSSR count). The average Bonchev–Trinajstić information content (AvgIpc) is 2.70. The second-order valence-electron chi connectivity index (χ2n) is 6.02. The number of benzene rings is 1. The summed E-state index contributed by atoms with van der Waals surface area (Å²) >= 11 is 3.45. The minimum Gasteiger partial charge on any atom is -0.388 e. The molecule has 1 aliphatic rings. The van der Waals surface area contributed by atoms with Crippen LogP contribution in [0.2, 0.25) is 0 Å². The van der Waals surface area contributed by atoms with E-state index in [2.05, 4.69) is 38.4 Å². The van der Waals surface area contributed by atoms with E-state index in [1.54, 1.807) is 0 Å². The van der Waals surface area contributed by atoms with Crippen LogP contribution in [-0.2, 0) is 0 Å². The van der Waals surface area contributed by atoms with Crippen LogP contribution in [0.4, 0.5) is 5.69 Å². The maximum Gasteiger partial charge on any atom is 0.0934 e. The third kappa shape index (κ3) is 3.55. The molecule has 0 aliphatic heterocycles. The molecule has 1 heterocycles. The fraction of sp³-hybridized carbons (Fsp3) is 0.471. The summed E-state index contributed by atoms with van der Waals surface area (Å²) in [5, 5.41) is 15.3. The Bertz CT molecular complexity index is 621. The smallest absolute Gasteiger partial charge is 0.0934 e. The highest BCUT2D eigenvalue weighted by Gasteiger charge is 2.27. The van der Waals surface area contributed by atoms with Crippen molar-refractivity contribution in [3.05, 3.63) is 34.9 Å². The Labute approximate surface area is 133 Å². The third-order valence-corrected chi connectivity index (χ3v) is 4.75. The van der Waals surface area contributed by atoms with Gasteiger partial charge in [0.15, 0.2) is 0 Å². The first-order valence-electron chi connectivity index (χ1n) is 7.67. The minimum atomic E-state index is -0.575. The minimum absolute atomic E-state index is 0.575. The Morgan fingerprint density at radius 2 is 1.95 bits per heavy atom. The van der Waals surface area contributed by atoms with Crippen LogP contribution in [0.1, 0.15) is 38.5 Å². The molecular weight excluding hydrogens is 328 g/mol. The molecule has 0 saturated heterocycles.